The third-order valence-electron chi connectivity index (χ3n) is 2.21. The highest BCUT2D eigenvalue weighted by Crippen LogP contribution is 2.31. The molecule has 0 saturated carbocycles. The molecule has 108 valence electrons. The van der Waals surface area contributed by atoms with Crippen molar-refractivity contribution in [1.82, 2.24) is 10.6 Å². The van der Waals surface area contributed by atoms with Crippen molar-refractivity contribution in [2.45, 2.75) is 12.5 Å². The Kier molecular flexibility index (Phi) is 4.92. The van der Waals surface area contributed by atoms with Crippen LogP contribution in [0.5, 0.6) is 0 Å². The number of nitrogens with one attached hydrogen (secondary N) is 2. The summed E-state index contributed by atoms with van der Waals surface area (Å²) in [5.74, 6) is -1.20. The molecule has 0 saturated heterocycles. The lowest BCUT2D eigenvalue weighted by Gasteiger charge is -2.16. The molecule has 11 heteroatoms. The molecule has 0 aromatic heterocycles. The molecule has 2 aliphatic rings. The van der Waals surface area contributed by atoms with Gasteiger partial charge in [0.15, 0.2) is 0 Å². The molecule has 2 rings (SSSR count). The van der Waals surface area contributed by atoms with Gasteiger partial charge >= 0.3 is 18.0 Å². The van der Waals surface area contributed by atoms with Gasteiger partial charge in [-0.25, -0.2) is 14.4 Å². The first-order chi connectivity index (χ1) is 9.31. The zero-order valence-electron chi connectivity index (χ0n) is 9.21. The third-order valence-corrected chi connectivity index (χ3v) is 6.40. The number of ether oxygens (including phenoxy) is 2. The summed E-state index contributed by atoms with van der Waals surface area (Å²) in [7, 11) is 0. The van der Waals surface area contributed by atoms with Crippen LogP contribution < -0.4 is 10.6 Å². The van der Waals surface area contributed by atoms with Crippen molar-refractivity contribution >= 4 is 81.7 Å². The molecule has 2 aliphatic heterocycles. The predicted molar refractivity (Wildman–Crippen MR) is 81.2 cm³/mol. The molecule has 0 spiro atoms. The Bertz CT molecular complexity index is 525. The SMILES string of the molecule is O=C(N[C@H]1OC(=O)C(Br)=C1Br)N[C@H]1OC(=O)C(Br)=C1Br. The van der Waals surface area contributed by atoms with E-state index in [4.69, 9.17) is 9.47 Å². The summed E-state index contributed by atoms with van der Waals surface area (Å²) < 4.78 is 10.8. The molecule has 2 N–H and O–H groups in total. The van der Waals surface area contributed by atoms with E-state index in [1.165, 1.54) is 0 Å². The number of urea groups is 1. The number of carbonyl (C=O) groups excluding carboxylic acids is 3. The van der Waals surface area contributed by atoms with Crippen molar-refractivity contribution in [3.05, 3.63) is 17.9 Å². The summed E-state index contributed by atoms with van der Waals surface area (Å²) in [4.78, 5) is 34.2. The number of hydrogen-bond acceptors (Lipinski definition) is 5. The Labute approximate surface area is 146 Å². The molecule has 2 amide bonds. The molecule has 0 aromatic carbocycles. The lowest BCUT2D eigenvalue weighted by Crippen LogP contribution is -2.47. The van der Waals surface area contributed by atoms with Gasteiger partial charge in [-0.05, 0) is 63.7 Å². The minimum absolute atomic E-state index is 0.193. The van der Waals surface area contributed by atoms with Crippen LogP contribution in [-0.4, -0.2) is 30.4 Å². The van der Waals surface area contributed by atoms with Crippen LogP contribution >= 0.6 is 63.7 Å². The molecule has 20 heavy (non-hydrogen) atoms. The average Bonchev–Trinajstić information content (AvgIpc) is 2.76. The fourth-order valence-electron chi connectivity index (χ4n) is 1.31. The van der Waals surface area contributed by atoms with Crippen LogP contribution in [0.4, 0.5) is 4.79 Å². The van der Waals surface area contributed by atoms with Crippen LogP contribution in [0.15, 0.2) is 17.9 Å². The first-order valence-corrected chi connectivity index (χ1v) is 8.07. The van der Waals surface area contributed by atoms with Crippen LogP contribution in [-0.2, 0) is 19.1 Å². The van der Waals surface area contributed by atoms with Crippen molar-refractivity contribution in [2.75, 3.05) is 0 Å². The fourth-order valence-corrected chi connectivity index (χ4v) is 2.65. The number of cyclic esters (lactones) is 2. The standard InChI is InChI=1S/C9H4Br4N2O5/c10-1-3(12)7(16)19-5(1)14-9(18)15-6-2(11)4(13)8(17)20-6/h5-6H,(H2,14,15,18)/t5-,6-/m0/s1. The minimum atomic E-state index is -0.944. The molecule has 0 fully saturated rings. The maximum atomic E-state index is 11.8. The second-order valence-corrected chi connectivity index (χ2v) is 6.81. The highest BCUT2D eigenvalue weighted by atomic mass is 79.9. The molecule has 0 aliphatic carbocycles. The maximum absolute atomic E-state index is 11.8. The van der Waals surface area contributed by atoms with Gasteiger partial charge in [0.05, 0.1) is 8.96 Å². The molecular weight excluding hydrogens is 536 g/mol. The molecule has 0 bridgehead atoms. The van der Waals surface area contributed by atoms with E-state index >= 15 is 0 Å². The summed E-state index contributed by atoms with van der Waals surface area (Å²) in [6.07, 6.45) is -1.89. The van der Waals surface area contributed by atoms with Gasteiger partial charge in [-0.1, -0.05) is 0 Å². The lowest BCUT2D eigenvalue weighted by atomic mass is 10.5. The van der Waals surface area contributed by atoms with E-state index in [0.29, 0.717) is 8.96 Å². The predicted octanol–water partition coefficient (Wildman–Crippen LogP) is 2.05. The van der Waals surface area contributed by atoms with Crippen molar-refractivity contribution in [3.8, 4) is 0 Å². The molecule has 0 radical (unpaired) electrons. The molecule has 7 nitrogen and oxygen atoms in total. The van der Waals surface area contributed by atoms with Crippen LogP contribution in [0, 0.1) is 0 Å². The minimum Gasteiger partial charge on any atom is -0.433 e. The number of hydrogen-bond donors (Lipinski definition) is 2. The first kappa shape index (κ1) is 16.0. The van der Waals surface area contributed by atoms with Crippen LogP contribution in [0.1, 0.15) is 0 Å². The zero-order chi connectivity index (χ0) is 15.0. The number of rotatable bonds is 2. The van der Waals surface area contributed by atoms with E-state index in [2.05, 4.69) is 74.4 Å². The van der Waals surface area contributed by atoms with Crippen molar-refractivity contribution < 1.29 is 23.9 Å². The van der Waals surface area contributed by atoms with Gasteiger partial charge in [0.25, 0.3) is 0 Å². The Balaban J connectivity index is 1.95. The van der Waals surface area contributed by atoms with Gasteiger partial charge in [0.2, 0.25) is 12.5 Å². The quantitative estimate of drug-likeness (QED) is 0.524. The average molecular weight is 540 g/mol. The number of carbonyl (C=O) groups is 3. The van der Waals surface area contributed by atoms with Crippen molar-refractivity contribution in [3.63, 3.8) is 0 Å². The van der Waals surface area contributed by atoms with Gasteiger partial charge in [0.1, 0.15) is 8.96 Å². The van der Waals surface area contributed by atoms with E-state index in [-0.39, 0.29) is 8.96 Å². The van der Waals surface area contributed by atoms with Crippen LogP contribution in [0.25, 0.3) is 0 Å². The van der Waals surface area contributed by atoms with Gasteiger partial charge in [0, 0.05) is 0 Å². The summed E-state index contributed by atoms with van der Waals surface area (Å²) in [6.45, 7) is 0. The summed E-state index contributed by atoms with van der Waals surface area (Å²) in [5.41, 5.74) is 0. The normalized spacial score (nSPS) is 25.8. The third kappa shape index (κ3) is 3.10. The Hall–Kier alpha value is -0.390. The Morgan fingerprint density at radius 3 is 1.45 bits per heavy atom. The molecular formula is C9H4Br4N2O5. The maximum Gasteiger partial charge on any atom is 0.348 e. The van der Waals surface area contributed by atoms with E-state index in [0.717, 1.165) is 0 Å². The summed E-state index contributed by atoms with van der Waals surface area (Å²) >= 11 is 12.2. The molecule has 0 unspecified atom stereocenters. The second-order valence-electron chi connectivity index (χ2n) is 3.51. The molecule has 2 heterocycles. The molecule has 0 aromatic rings. The highest BCUT2D eigenvalue weighted by Gasteiger charge is 2.35. The zero-order valence-corrected chi connectivity index (χ0v) is 15.6. The van der Waals surface area contributed by atoms with Gasteiger partial charge < -0.3 is 9.47 Å². The van der Waals surface area contributed by atoms with Gasteiger partial charge in [-0.2, -0.15) is 0 Å². The number of halogens is 4. The number of esters is 2. The number of amides is 2. The Morgan fingerprint density at radius 2 is 1.20 bits per heavy atom. The van der Waals surface area contributed by atoms with E-state index < -0.39 is 30.4 Å². The summed E-state index contributed by atoms with van der Waals surface area (Å²) in [5, 5.41) is 4.78. The first-order valence-electron chi connectivity index (χ1n) is 4.90. The van der Waals surface area contributed by atoms with E-state index in [9.17, 15) is 14.4 Å². The lowest BCUT2D eigenvalue weighted by molar-refractivity contribution is -0.139. The van der Waals surface area contributed by atoms with E-state index in [1.807, 2.05) is 0 Å². The van der Waals surface area contributed by atoms with Crippen LogP contribution in [0.3, 0.4) is 0 Å². The molecule has 2 atom stereocenters. The van der Waals surface area contributed by atoms with Gasteiger partial charge in [-0.3, -0.25) is 10.6 Å². The van der Waals surface area contributed by atoms with Crippen LogP contribution in [0.2, 0.25) is 0 Å². The second kappa shape index (κ2) is 6.16. The van der Waals surface area contributed by atoms with Gasteiger partial charge in [-0.15, -0.1) is 0 Å². The fraction of sp³-hybridized carbons (Fsp3) is 0.222. The Morgan fingerprint density at radius 1 is 0.850 bits per heavy atom. The topological polar surface area (TPSA) is 93.7 Å². The highest BCUT2D eigenvalue weighted by molar-refractivity contribution is 9.14. The smallest absolute Gasteiger partial charge is 0.348 e. The summed E-state index contributed by atoms with van der Waals surface area (Å²) in [6, 6.07) is -0.682. The van der Waals surface area contributed by atoms with Crippen molar-refractivity contribution in [1.29, 1.82) is 0 Å². The van der Waals surface area contributed by atoms with E-state index in [1.54, 1.807) is 0 Å². The largest absolute Gasteiger partial charge is 0.433 e. The van der Waals surface area contributed by atoms with Crippen molar-refractivity contribution in [2.24, 2.45) is 0 Å². The monoisotopic (exact) mass is 536 g/mol.